The monoisotopic (exact) mass is 621 g/mol. The fourth-order valence-corrected chi connectivity index (χ4v) is 6.32. The number of hydrogen-bond donors (Lipinski definition) is 1. The van der Waals surface area contributed by atoms with Crippen molar-refractivity contribution in [3.05, 3.63) is 70.8 Å². The fraction of sp³-hybridized carbons (Fsp3) is 0.536. The maximum atomic E-state index is 13.4. The zero-order valence-corrected chi connectivity index (χ0v) is 23.9. The van der Waals surface area contributed by atoms with Crippen LogP contribution in [0.1, 0.15) is 60.5 Å². The molecule has 1 N–H and O–H groups in total. The van der Waals surface area contributed by atoms with Crippen molar-refractivity contribution < 1.29 is 44.3 Å². The van der Waals surface area contributed by atoms with Gasteiger partial charge in [0, 0.05) is 38.1 Å². The molecule has 2 fully saturated rings. The van der Waals surface area contributed by atoms with Gasteiger partial charge >= 0.3 is 18.4 Å². The fourth-order valence-electron chi connectivity index (χ4n) is 5.45. The van der Waals surface area contributed by atoms with Crippen LogP contribution < -0.4 is 5.32 Å². The van der Waals surface area contributed by atoms with Gasteiger partial charge in [-0.1, -0.05) is 30.3 Å². The second-order valence-corrected chi connectivity index (χ2v) is 12.8. The molecule has 232 valence electrons. The molecule has 0 aliphatic carbocycles. The highest BCUT2D eigenvalue weighted by Gasteiger charge is 2.39. The number of sulfonamides is 1. The van der Waals surface area contributed by atoms with E-state index in [9.17, 15) is 39.6 Å². The van der Waals surface area contributed by atoms with E-state index in [0.717, 1.165) is 11.8 Å². The van der Waals surface area contributed by atoms with Crippen molar-refractivity contribution in [1.29, 1.82) is 0 Å². The molecule has 0 saturated carbocycles. The van der Waals surface area contributed by atoms with E-state index in [1.807, 2.05) is 12.1 Å². The van der Waals surface area contributed by atoms with E-state index >= 15 is 0 Å². The summed E-state index contributed by atoms with van der Waals surface area (Å²) in [5, 5.41) is 2.97. The van der Waals surface area contributed by atoms with E-state index in [-0.39, 0.29) is 36.8 Å². The van der Waals surface area contributed by atoms with Crippen LogP contribution in [0.3, 0.4) is 0 Å². The molecular formula is C28H33F6N3O4S. The Morgan fingerprint density at radius 3 is 2.02 bits per heavy atom. The van der Waals surface area contributed by atoms with Gasteiger partial charge in [-0.25, -0.2) is 17.5 Å². The van der Waals surface area contributed by atoms with Crippen molar-refractivity contribution in [2.45, 2.75) is 62.7 Å². The summed E-state index contributed by atoms with van der Waals surface area (Å²) in [6, 6.07) is 9.98. The molecule has 2 aromatic rings. The third kappa shape index (κ3) is 7.95. The van der Waals surface area contributed by atoms with E-state index in [1.54, 1.807) is 23.1 Å². The topological polar surface area (TPSA) is 79.0 Å². The van der Waals surface area contributed by atoms with Crippen LogP contribution in [0.4, 0.5) is 31.1 Å². The van der Waals surface area contributed by atoms with E-state index in [4.69, 9.17) is 4.74 Å². The van der Waals surface area contributed by atoms with Crippen molar-refractivity contribution in [2.75, 3.05) is 32.4 Å². The van der Waals surface area contributed by atoms with Gasteiger partial charge in [0.1, 0.15) is 0 Å². The van der Waals surface area contributed by atoms with Crippen LogP contribution in [-0.2, 0) is 27.1 Å². The van der Waals surface area contributed by atoms with Crippen LogP contribution in [0.2, 0.25) is 0 Å². The number of benzene rings is 2. The Morgan fingerprint density at radius 1 is 0.929 bits per heavy atom. The molecule has 7 nitrogen and oxygen atoms in total. The van der Waals surface area contributed by atoms with Gasteiger partial charge in [-0.15, -0.1) is 0 Å². The summed E-state index contributed by atoms with van der Waals surface area (Å²) in [5.74, 6) is -0.395. The zero-order valence-electron chi connectivity index (χ0n) is 23.1. The molecule has 3 atom stereocenters. The Kier molecular flexibility index (Phi) is 9.48. The number of nitrogens with zero attached hydrogens (tertiary/aromatic N) is 2. The van der Waals surface area contributed by atoms with Gasteiger partial charge in [0.05, 0.1) is 29.6 Å². The van der Waals surface area contributed by atoms with Crippen molar-refractivity contribution in [2.24, 2.45) is 0 Å². The van der Waals surface area contributed by atoms with Crippen LogP contribution in [0.5, 0.6) is 0 Å². The van der Waals surface area contributed by atoms with Crippen molar-refractivity contribution in [3.8, 4) is 0 Å². The summed E-state index contributed by atoms with van der Waals surface area (Å²) < 4.78 is 112. The lowest BCUT2D eigenvalue weighted by molar-refractivity contribution is -0.143. The number of alkyl halides is 6. The van der Waals surface area contributed by atoms with Gasteiger partial charge in [-0.05, 0) is 55.5 Å². The molecular weight excluding hydrogens is 588 g/mol. The molecule has 2 amide bonds. The van der Waals surface area contributed by atoms with Gasteiger partial charge in [0.2, 0.25) is 10.0 Å². The number of rotatable bonds is 6. The lowest BCUT2D eigenvalue weighted by Crippen LogP contribution is -2.53. The minimum atomic E-state index is -4.97. The maximum Gasteiger partial charge on any atom is 0.416 e. The summed E-state index contributed by atoms with van der Waals surface area (Å²) in [6.07, 6.45) is -9.24. The molecule has 0 bridgehead atoms. The zero-order chi connectivity index (χ0) is 30.9. The van der Waals surface area contributed by atoms with Gasteiger partial charge in [-0.3, -0.25) is 0 Å². The van der Waals surface area contributed by atoms with Gasteiger partial charge in [0.15, 0.2) is 0 Å². The molecule has 4 rings (SSSR count). The average molecular weight is 622 g/mol. The largest absolute Gasteiger partial charge is 0.416 e. The predicted octanol–water partition coefficient (Wildman–Crippen LogP) is 5.79. The number of hydrogen-bond acceptors (Lipinski definition) is 4. The second-order valence-electron chi connectivity index (χ2n) is 10.8. The van der Waals surface area contributed by atoms with E-state index in [2.05, 4.69) is 5.32 Å². The Morgan fingerprint density at radius 2 is 1.50 bits per heavy atom. The van der Waals surface area contributed by atoms with Crippen LogP contribution in [0.25, 0.3) is 0 Å². The summed E-state index contributed by atoms with van der Waals surface area (Å²) in [5.41, 5.74) is -2.24. The number of carbonyl (C=O) groups excluding carboxylic acids is 1. The minimum Gasteiger partial charge on any atom is -0.370 e. The third-order valence-corrected chi connectivity index (χ3v) is 9.08. The SMILES string of the molecule is C[C@@H](O[C@H]1CCN(C(=O)NC2CCN(S(C)(=O)=O)CC2)C[C@H]1c1ccccc1)c1cc(C(F)(F)F)cc(C(F)(F)F)c1. The first-order valence-corrected chi connectivity index (χ1v) is 15.4. The van der Waals surface area contributed by atoms with Gasteiger partial charge in [0.25, 0.3) is 0 Å². The molecule has 2 aliphatic rings. The number of urea groups is 1. The molecule has 0 aromatic heterocycles. The van der Waals surface area contributed by atoms with Crippen LogP contribution in [0, 0.1) is 0 Å². The van der Waals surface area contributed by atoms with Crippen molar-refractivity contribution in [3.63, 3.8) is 0 Å². The smallest absolute Gasteiger partial charge is 0.370 e. The summed E-state index contributed by atoms with van der Waals surface area (Å²) in [7, 11) is -3.31. The first-order chi connectivity index (χ1) is 19.5. The molecule has 2 aliphatic heterocycles. The minimum absolute atomic E-state index is 0.0884. The molecule has 42 heavy (non-hydrogen) atoms. The summed E-state index contributed by atoms with van der Waals surface area (Å²) in [4.78, 5) is 14.8. The summed E-state index contributed by atoms with van der Waals surface area (Å²) in [6.45, 7) is 2.49. The number of ether oxygens (including phenoxy) is 1. The normalized spacial score (nSPS) is 22.1. The van der Waals surface area contributed by atoms with E-state index in [1.165, 1.54) is 11.2 Å². The standard InChI is InChI=1S/C28H33F6N3O4S/c1-18(20-14-21(27(29,30)31)16-22(15-20)28(32,33)34)41-25-10-11-36(17-24(25)19-6-4-3-5-7-19)26(38)35-23-8-12-37(13-9-23)42(2,39)40/h3-7,14-16,18,23-25H,8-13,17H2,1-2H3,(H,35,38)/t18-,24+,25+/m1/s1. The third-order valence-electron chi connectivity index (χ3n) is 7.77. The van der Waals surface area contributed by atoms with E-state index < -0.39 is 51.6 Å². The number of likely N-dealkylation sites (tertiary alicyclic amines) is 1. The summed E-state index contributed by atoms with van der Waals surface area (Å²) >= 11 is 0. The first-order valence-electron chi connectivity index (χ1n) is 13.5. The highest BCUT2D eigenvalue weighted by atomic mass is 32.2. The van der Waals surface area contributed by atoms with Crippen molar-refractivity contribution in [1.82, 2.24) is 14.5 Å². The number of carbonyl (C=O) groups is 1. The van der Waals surface area contributed by atoms with Crippen LogP contribution >= 0.6 is 0 Å². The quantitative estimate of drug-likeness (QED) is 0.414. The predicted molar refractivity (Wildman–Crippen MR) is 143 cm³/mol. The average Bonchev–Trinajstić information content (AvgIpc) is 2.92. The highest BCUT2D eigenvalue weighted by molar-refractivity contribution is 7.88. The molecule has 2 saturated heterocycles. The van der Waals surface area contributed by atoms with Gasteiger partial charge in [-0.2, -0.15) is 26.3 Å². The lowest BCUT2D eigenvalue weighted by atomic mass is 9.87. The first kappa shape index (κ1) is 32.1. The Bertz CT molecular complexity index is 1310. The molecule has 0 spiro atoms. The molecule has 0 radical (unpaired) electrons. The van der Waals surface area contributed by atoms with Crippen molar-refractivity contribution >= 4 is 16.1 Å². The Labute approximate surface area is 240 Å². The number of amides is 2. The number of nitrogens with one attached hydrogen (secondary N) is 1. The molecule has 2 heterocycles. The van der Waals surface area contributed by atoms with Crippen LogP contribution in [-0.4, -0.2) is 68.2 Å². The number of piperidine rings is 2. The molecule has 14 heteroatoms. The lowest BCUT2D eigenvalue weighted by Gasteiger charge is -2.40. The van der Waals surface area contributed by atoms with Crippen LogP contribution in [0.15, 0.2) is 48.5 Å². The number of halogens is 6. The van der Waals surface area contributed by atoms with Gasteiger partial charge < -0.3 is 15.0 Å². The highest BCUT2D eigenvalue weighted by Crippen LogP contribution is 2.39. The molecule has 2 aromatic carbocycles. The van der Waals surface area contributed by atoms with E-state index in [0.29, 0.717) is 44.5 Å². The second kappa shape index (κ2) is 12.4. The molecule has 0 unspecified atom stereocenters. The maximum absolute atomic E-state index is 13.4. The Hall–Kier alpha value is -2.84. The Balaban J connectivity index is 1.49.